The van der Waals surface area contributed by atoms with E-state index in [-0.39, 0.29) is 35.3 Å². The number of benzene rings is 3. The third-order valence-corrected chi connectivity index (χ3v) is 7.85. The predicted molar refractivity (Wildman–Crippen MR) is 141 cm³/mol. The second kappa shape index (κ2) is 16.9. The Morgan fingerprint density at radius 3 is 2.00 bits per heavy atom. The van der Waals surface area contributed by atoms with Crippen molar-refractivity contribution >= 4 is 16.7 Å². The number of carbonyl (C=O) groups excluding carboxylic acids is 1. The summed E-state index contributed by atoms with van der Waals surface area (Å²) in [6.07, 6.45) is 4.27. The molecule has 2 aliphatic rings. The number of esters is 1. The summed E-state index contributed by atoms with van der Waals surface area (Å²) in [5.74, 6) is 1.29. The van der Waals surface area contributed by atoms with Crippen LogP contribution in [0.2, 0.25) is 0 Å². The molecule has 0 unspecified atom stereocenters. The van der Waals surface area contributed by atoms with Gasteiger partial charge in [-0.15, -0.1) is 0 Å². The van der Waals surface area contributed by atoms with E-state index in [4.69, 9.17) is 18.7 Å². The van der Waals surface area contributed by atoms with Crippen molar-refractivity contribution in [3.05, 3.63) is 103 Å². The van der Waals surface area contributed by atoms with E-state index in [1.165, 1.54) is 35.6 Å². The number of nitrogens with zero attached hydrogens (tertiary/aromatic N) is 1. The summed E-state index contributed by atoms with van der Waals surface area (Å²) in [5, 5.41) is 2.37. The fourth-order valence-electron chi connectivity index (χ4n) is 5.83. The first-order valence-electron chi connectivity index (χ1n) is 12.6. The van der Waals surface area contributed by atoms with Crippen molar-refractivity contribution in [3.8, 4) is 0 Å². The van der Waals surface area contributed by atoms with Crippen molar-refractivity contribution in [1.29, 1.82) is 0 Å². The van der Waals surface area contributed by atoms with E-state index in [1.54, 1.807) is 0 Å². The Morgan fingerprint density at radius 2 is 1.44 bits per heavy atom. The minimum atomic E-state index is -0.398. The summed E-state index contributed by atoms with van der Waals surface area (Å²) in [6.45, 7) is 15.7. The zero-order chi connectivity index (χ0) is 28.2. The van der Waals surface area contributed by atoms with Crippen LogP contribution in [0, 0.1) is 37.7 Å². The van der Waals surface area contributed by atoms with Crippen LogP contribution in [0.1, 0.15) is 61.4 Å². The summed E-state index contributed by atoms with van der Waals surface area (Å²) in [6, 6.07) is 23.5. The van der Waals surface area contributed by atoms with E-state index < -0.39 is 6.10 Å². The van der Waals surface area contributed by atoms with Gasteiger partial charge >= 0.3 is 39.9 Å². The number of rotatable bonds is 6. The molecule has 6 nitrogen and oxygen atoms in total. The average molecular weight is 564 g/mol. The zero-order valence-electron chi connectivity index (χ0n) is 22.5. The Bertz CT molecular complexity index is 1250. The van der Waals surface area contributed by atoms with E-state index in [0.29, 0.717) is 5.92 Å². The summed E-state index contributed by atoms with van der Waals surface area (Å²) in [4.78, 5) is 15.6. The Hall–Kier alpha value is -2.90. The van der Waals surface area contributed by atoms with Gasteiger partial charge in [0, 0.05) is 29.0 Å². The van der Waals surface area contributed by atoms with Crippen molar-refractivity contribution in [2.45, 2.75) is 44.8 Å². The normalized spacial score (nSPS) is 19.9. The molecule has 2 saturated carbocycles. The maximum atomic E-state index is 13.4. The molecule has 39 heavy (non-hydrogen) atoms. The maximum Gasteiger partial charge on any atom is 0 e. The molecule has 0 spiro atoms. The van der Waals surface area contributed by atoms with E-state index >= 15 is 0 Å². The zero-order valence-corrected chi connectivity index (χ0v) is 23.7. The molecule has 0 heterocycles. The summed E-state index contributed by atoms with van der Waals surface area (Å²) < 4.78 is 28.9. The minimum Gasteiger partial charge on any atom is 0 e. The Morgan fingerprint density at radius 1 is 0.846 bits per heavy atom. The van der Waals surface area contributed by atoms with E-state index in [9.17, 15) is 4.79 Å². The Balaban J connectivity index is 0.00000102. The van der Waals surface area contributed by atoms with Gasteiger partial charge in [0.15, 0.2) is 6.10 Å². The third kappa shape index (κ3) is 8.06. The molecule has 2 aliphatic carbocycles. The smallest absolute Gasteiger partial charge is 0 e. The largest absolute Gasteiger partial charge is 0 e. The van der Waals surface area contributed by atoms with Crippen molar-refractivity contribution in [2.24, 2.45) is 17.8 Å². The number of fused-ring (bicyclic) bond motifs is 3. The molecule has 7 heteroatoms. The molecule has 202 valence electrons. The molecule has 0 amide bonds. The number of hydrogen-bond donors (Lipinski definition) is 0. The van der Waals surface area contributed by atoms with Crippen LogP contribution in [-0.2, 0) is 40.8 Å². The van der Waals surface area contributed by atoms with E-state index in [0.717, 1.165) is 23.5 Å². The van der Waals surface area contributed by atoms with Gasteiger partial charge in [-0.25, -0.2) is 0 Å². The minimum absolute atomic E-state index is 0. The van der Waals surface area contributed by atoms with Crippen LogP contribution in [0.3, 0.4) is 0 Å². The second-order valence-electron chi connectivity index (χ2n) is 9.97. The van der Waals surface area contributed by atoms with Gasteiger partial charge in [-0.2, -0.15) is 0 Å². The molecule has 0 radical (unpaired) electrons. The molecule has 2 bridgehead atoms. The van der Waals surface area contributed by atoms with Crippen molar-refractivity contribution in [1.82, 2.24) is 4.90 Å². The van der Waals surface area contributed by atoms with Crippen LogP contribution >= 0.6 is 0 Å². The molecule has 5 rings (SSSR count). The monoisotopic (exact) mass is 563 g/mol. The first-order chi connectivity index (χ1) is 18.5. The molecule has 3 aromatic carbocycles. The maximum absolute atomic E-state index is 13.4. The molecule has 0 aliphatic heterocycles. The number of carbonyl (C=O) groups is 1. The molecule has 3 aromatic rings. The molecule has 0 N–H and O–H groups in total. The number of hydrogen-bond acceptors (Lipinski definition) is 3. The average Bonchev–Trinajstić information content (AvgIpc) is 3.63. The fraction of sp³-hybridized carbons (Fsp3) is 0.375. The Kier molecular flexibility index (Phi) is 14.8. The SMILES string of the molecule is C[C@H](c1ccccc1[C@@H](OC(=O)[C@@H]1C[C@@H]2CC[C@H]1C2)c1ccc2ccccc2c1)N(C)C.[C-]#[O+].[C-]#[O+].[C-]#[O+].[Cr]. The van der Waals surface area contributed by atoms with Gasteiger partial charge in [0.2, 0.25) is 0 Å². The number of ether oxygens (including phenoxy) is 1. The van der Waals surface area contributed by atoms with Gasteiger partial charge in [-0.1, -0.05) is 67.1 Å². The van der Waals surface area contributed by atoms with Gasteiger partial charge in [0.25, 0.3) is 0 Å². The van der Waals surface area contributed by atoms with Gasteiger partial charge < -0.3 is 9.64 Å². The van der Waals surface area contributed by atoms with Gasteiger partial charge in [-0.3, -0.25) is 4.79 Å². The molecule has 5 atom stereocenters. The molecule has 0 aromatic heterocycles. The summed E-state index contributed by atoms with van der Waals surface area (Å²) in [7, 11) is 4.18. The van der Waals surface area contributed by atoms with Gasteiger partial charge in [0.1, 0.15) is 0 Å². The van der Waals surface area contributed by atoms with E-state index in [1.807, 2.05) is 0 Å². The van der Waals surface area contributed by atoms with Crippen LogP contribution in [-0.4, -0.2) is 25.0 Å². The first-order valence-corrected chi connectivity index (χ1v) is 12.6. The van der Waals surface area contributed by atoms with Crippen LogP contribution in [0.5, 0.6) is 0 Å². The topological polar surface area (TPSA) is 89.2 Å². The van der Waals surface area contributed by atoms with E-state index in [2.05, 4.69) is 113 Å². The van der Waals surface area contributed by atoms with Crippen LogP contribution in [0.25, 0.3) is 10.8 Å². The predicted octanol–water partition coefficient (Wildman–Crippen LogP) is 6.42. The quantitative estimate of drug-likeness (QED) is 0.197. The van der Waals surface area contributed by atoms with Crippen molar-refractivity contribution in [2.75, 3.05) is 14.1 Å². The summed E-state index contributed by atoms with van der Waals surface area (Å²) in [5.41, 5.74) is 3.33. The molecule has 2 fully saturated rings. The van der Waals surface area contributed by atoms with Crippen LogP contribution < -0.4 is 0 Å². The van der Waals surface area contributed by atoms with Crippen molar-refractivity contribution in [3.63, 3.8) is 0 Å². The fourth-order valence-corrected chi connectivity index (χ4v) is 5.83. The summed E-state index contributed by atoms with van der Waals surface area (Å²) >= 11 is 0. The molecule has 0 saturated heterocycles. The van der Waals surface area contributed by atoms with Crippen LogP contribution in [0.15, 0.2) is 66.7 Å². The van der Waals surface area contributed by atoms with Gasteiger partial charge in [-0.05, 0) is 80.1 Å². The van der Waals surface area contributed by atoms with Crippen molar-refractivity contribution < 1.29 is 40.8 Å². The second-order valence-corrected chi connectivity index (χ2v) is 9.97. The third-order valence-electron chi connectivity index (χ3n) is 7.85. The van der Waals surface area contributed by atoms with Gasteiger partial charge in [0.05, 0.1) is 5.92 Å². The standard InChI is InChI=1S/C29H33NO2.3CO.Cr/c1-19(30(2)3)25-10-6-7-11-26(25)28(24-15-14-21-8-4-5-9-22(21)18-24)32-29(31)27-17-20-12-13-23(27)16-20;3*1-2;/h4-11,14-15,18-20,23,27-28H,12-13,16-17H2,1-3H3;;;;/t19-,20-,23+,27-,28+;;;;/m1..../s1. The first kappa shape index (κ1) is 34.1. The Labute approximate surface area is 242 Å². The molecular weight excluding hydrogens is 530 g/mol. The molecular formula is C32H33CrNO5. The van der Waals surface area contributed by atoms with Crippen LogP contribution in [0.4, 0.5) is 0 Å².